The number of oxazole rings is 1. The number of rotatable bonds is 6. The van der Waals surface area contributed by atoms with Crippen LogP contribution in [0.25, 0.3) is 11.0 Å². The number of ether oxygens (including phenoxy) is 1. The zero-order chi connectivity index (χ0) is 21.0. The number of aromatic nitrogens is 1. The molecule has 0 spiro atoms. The van der Waals surface area contributed by atoms with Gasteiger partial charge in [0.1, 0.15) is 16.4 Å². The van der Waals surface area contributed by atoms with E-state index in [-0.39, 0.29) is 39.5 Å². The normalized spacial score (nSPS) is 12.0. The summed E-state index contributed by atoms with van der Waals surface area (Å²) >= 11 is 0. The van der Waals surface area contributed by atoms with Crippen LogP contribution in [-0.2, 0) is 14.6 Å². The number of esters is 1. The maximum atomic E-state index is 13.3. The molecule has 0 aliphatic carbocycles. The number of sulfone groups is 1. The van der Waals surface area contributed by atoms with E-state index < -0.39 is 15.8 Å². The Morgan fingerprint density at radius 2 is 1.79 bits per heavy atom. The van der Waals surface area contributed by atoms with E-state index in [1.54, 1.807) is 37.3 Å². The number of aromatic hydroxyl groups is 1. The lowest BCUT2D eigenvalue weighted by Crippen LogP contribution is -2.08. The molecule has 0 radical (unpaired) electrons. The van der Waals surface area contributed by atoms with Gasteiger partial charge in [-0.2, -0.15) is 0 Å². The van der Waals surface area contributed by atoms with Gasteiger partial charge in [0.2, 0.25) is 15.7 Å². The van der Waals surface area contributed by atoms with E-state index in [0.29, 0.717) is 5.56 Å². The van der Waals surface area contributed by atoms with Crippen LogP contribution in [0.15, 0.2) is 63.9 Å². The van der Waals surface area contributed by atoms with Crippen molar-refractivity contribution in [1.82, 2.24) is 4.98 Å². The highest BCUT2D eigenvalue weighted by molar-refractivity contribution is 8.00. The maximum absolute atomic E-state index is 13.3. The van der Waals surface area contributed by atoms with Crippen molar-refractivity contribution in [3.8, 4) is 5.75 Å². The van der Waals surface area contributed by atoms with Gasteiger partial charge in [0.25, 0.3) is 0 Å². The Bertz CT molecular complexity index is 1150. The number of carbonyl (C=O) groups is 1. The van der Waals surface area contributed by atoms with Crippen molar-refractivity contribution < 1.29 is 27.5 Å². The fourth-order valence-corrected chi connectivity index (χ4v) is 3.97. The molecular formula is C21H19NO6S. The highest BCUT2D eigenvalue weighted by Gasteiger charge is 2.29. The minimum atomic E-state index is -4.01. The molecule has 0 saturated carbocycles. The van der Waals surface area contributed by atoms with Gasteiger partial charge in [-0.05, 0) is 49.8 Å². The van der Waals surface area contributed by atoms with Crippen molar-refractivity contribution in [2.75, 3.05) is 6.61 Å². The van der Waals surface area contributed by atoms with E-state index in [4.69, 9.17) is 9.15 Å². The van der Waals surface area contributed by atoms with E-state index >= 15 is 0 Å². The molecule has 0 bridgehead atoms. The number of aryl methyl sites for hydroxylation is 1. The van der Waals surface area contributed by atoms with E-state index in [9.17, 15) is 18.3 Å². The fourth-order valence-electron chi connectivity index (χ4n) is 2.59. The summed E-state index contributed by atoms with van der Waals surface area (Å²) < 4.78 is 37.1. The first-order valence-corrected chi connectivity index (χ1v) is 10.3. The van der Waals surface area contributed by atoms with Crippen molar-refractivity contribution in [3.63, 3.8) is 0 Å². The number of phenolic OH excluding ortho intramolecular Hbond substituents is 1. The fraction of sp³-hybridized carbons (Fsp3) is 0.143. The Labute approximate surface area is 168 Å². The predicted molar refractivity (Wildman–Crippen MR) is 107 cm³/mol. The molecule has 0 atom stereocenters. The highest BCUT2D eigenvalue weighted by atomic mass is 32.2. The summed E-state index contributed by atoms with van der Waals surface area (Å²) in [5.74, 6) is -0.715. The third kappa shape index (κ3) is 4.38. The van der Waals surface area contributed by atoms with Crippen LogP contribution in [0.2, 0.25) is 0 Å². The molecule has 7 nitrogen and oxygen atoms in total. The largest absolute Gasteiger partial charge is 0.508 e. The molecule has 1 N–H and O–H groups in total. The van der Waals surface area contributed by atoms with Gasteiger partial charge in [0, 0.05) is 0 Å². The van der Waals surface area contributed by atoms with Crippen LogP contribution in [0.1, 0.15) is 34.6 Å². The van der Waals surface area contributed by atoms with Gasteiger partial charge in [-0.25, -0.2) is 18.2 Å². The molecule has 29 heavy (non-hydrogen) atoms. The number of hydrogen-bond acceptors (Lipinski definition) is 7. The Morgan fingerprint density at radius 3 is 2.41 bits per heavy atom. The topological polar surface area (TPSA) is 107 Å². The van der Waals surface area contributed by atoms with Gasteiger partial charge < -0.3 is 14.3 Å². The van der Waals surface area contributed by atoms with Gasteiger partial charge in [-0.15, -0.1) is 0 Å². The van der Waals surface area contributed by atoms with Gasteiger partial charge in [-0.3, -0.25) is 0 Å². The van der Waals surface area contributed by atoms with E-state index in [1.807, 2.05) is 0 Å². The molecule has 0 amide bonds. The van der Waals surface area contributed by atoms with Crippen LogP contribution in [-0.4, -0.2) is 31.1 Å². The number of benzene rings is 2. The quantitative estimate of drug-likeness (QED) is 0.612. The van der Waals surface area contributed by atoms with Crippen LogP contribution in [0.3, 0.4) is 0 Å². The van der Waals surface area contributed by atoms with Crippen LogP contribution in [0.5, 0.6) is 5.75 Å². The average Bonchev–Trinajstić information content (AvgIpc) is 3.09. The summed E-state index contributed by atoms with van der Waals surface area (Å²) in [5.41, 5.74) is 0.424. The molecule has 3 aromatic rings. The SMILES string of the molecule is CCOC(=O)c1nc(/C(=C\c2ccc(O)cc2)S(=O)(=O)c2ccccc2)oc1C. The standard InChI is InChI=1S/C21H19NO6S/c1-3-27-21(24)19-14(2)28-20(22-19)18(13-15-9-11-16(23)12-10-15)29(25,26)17-7-5-4-6-8-17/h4-13,23H,3H2,1-2H3/b18-13+. The summed E-state index contributed by atoms with van der Waals surface area (Å²) in [6.45, 7) is 3.32. The van der Waals surface area contributed by atoms with Crippen molar-refractivity contribution in [2.24, 2.45) is 0 Å². The lowest BCUT2D eigenvalue weighted by atomic mass is 10.2. The third-order valence-corrected chi connectivity index (χ3v) is 5.77. The molecule has 0 saturated heterocycles. The summed E-state index contributed by atoms with van der Waals surface area (Å²) in [6, 6.07) is 13.8. The van der Waals surface area contributed by atoms with Crippen molar-refractivity contribution in [3.05, 3.63) is 77.5 Å². The smallest absolute Gasteiger partial charge is 0.360 e. The second-order valence-corrected chi connectivity index (χ2v) is 7.98. The van der Waals surface area contributed by atoms with E-state index in [1.165, 1.54) is 37.3 Å². The van der Waals surface area contributed by atoms with Crippen LogP contribution >= 0.6 is 0 Å². The molecule has 0 aliphatic rings. The first-order chi connectivity index (χ1) is 13.8. The zero-order valence-corrected chi connectivity index (χ0v) is 16.6. The minimum absolute atomic E-state index is 0.0474. The lowest BCUT2D eigenvalue weighted by molar-refractivity contribution is 0.0518. The Morgan fingerprint density at radius 1 is 1.14 bits per heavy atom. The predicted octanol–water partition coefficient (Wildman–Crippen LogP) is 3.84. The second-order valence-electron chi connectivity index (χ2n) is 6.06. The Balaban J connectivity index is 2.18. The molecule has 8 heteroatoms. The van der Waals surface area contributed by atoms with Gasteiger partial charge >= 0.3 is 5.97 Å². The molecule has 1 aromatic heterocycles. The molecular weight excluding hydrogens is 394 g/mol. The maximum Gasteiger partial charge on any atom is 0.360 e. The molecule has 2 aromatic carbocycles. The van der Waals surface area contributed by atoms with Gasteiger partial charge in [-0.1, -0.05) is 30.3 Å². The number of carbonyl (C=O) groups excluding carboxylic acids is 1. The first kappa shape index (κ1) is 20.3. The first-order valence-electron chi connectivity index (χ1n) is 8.78. The Kier molecular flexibility index (Phi) is 5.84. The van der Waals surface area contributed by atoms with Crippen LogP contribution in [0.4, 0.5) is 0 Å². The second kappa shape index (κ2) is 8.32. The van der Waals surface area contributed by atoms with Crippen LogP contribution in [0, 0.1) is 6.92 Å². The van der Waals surface area contributed by atoms with Gasteiger partial charge in [0.15, 0.2) is 5.69 Å². The summed E-state index contributed by atoms with van der Waals surface area (Å²) in [7, 11) is -4.01. The van der Waals surface area contributed by atoms with Crippen LogP contribution < -0.4 is 0 Å². The minimum Gasteiger partial charge on any atom is -0.508 e. The molecule has 0 aliphatic heterocycles. The van der Waals surface area contributed by atoms with Gasteiger partial charge in [0.05, 0.1) is 11.5 Å². The summed E-state index contributed by atoms with van der Waals surface area (Å²) in [6.07, 6.45) is 1.38. The molecule has 0 fully saturated rings. The van der Waals surface area contributed by atoms with Crippen molar-refractivity contribution >= 4 is 26.8 Å². The molecule has 150 valence electrons. The highest BCUT2D eigenvalue weighted by Crippen LogP contribution is 2.31. The number of nitrogens with zero attached hydrogens (tertiary/aromatic N) is 1. The average molecular weight is 413 g/mol. The van der Waals surface area contributed by atoms with Crippen molar-refractivity contribution in [1.29, 1.82) is 0 Å². The Hall–Kier alpha value is -3.39. The van der Waals surface area contributed by atoms with E-state index in [2.05, 4.69) is 4.98 Å². The third-order valence-electron chi connectivity index (χ3n) is 4.01. The summed E-state index contributed by atoms with van der Waals surface area (Å²) in [4.78, 5) is 16.0. The summed E-state index contributed by atoms with van der Waals surface area (Å²) in [5, 5.41) is 9.48. The van der Waals surface area contributed by atoms with Crippen molar-refractivity contribution in [2.45, 2.75) is 18.7 Å². The zero-order valence-electron chi connectivity index (χ0n) is 15.8. The van der Waals surface area contributed by atoms with E-state index in [0.717, 1.165) is 0 Å². The monoisotopic (exact) mass is 413 g/mol. The molecule has 3 rings (SSSR count). The molecule has 0 unspecified atom stereocenters. The number of phenols is 1. The molecule has 1 heterocycles. The number of hydrogen-bond donors (Lipinski definition) is 1. The lowest BCUT2D eigenvalue weighted by Gasteiger charge is -2.07.